The number of aromatic nitrogens is 2. The molecule has 0 spiro atoms. The molecule has 9 nitrogen and oxygen atoms in total. The van der Waals surface area contributed by atoms with Crippen LogP contribution in [0.1, 0.15) is 39.6 Å². The zero-order valence-electron chi connectivity index (χ0n) is 13.2. The van der Waals surface area contributed by atoms with E-state index in [1.54, 1.807) is 39.8 Å². The molecule has 2 aromatic heterocycles. The molecule has 0 saturated carbocycles. The molecule has 0 fully saturated rings. The highest BCUT2D eigenvalue weighted by molar-refractivity contribution is 5.72. The van der Waals surface area contributed by atoms with Gasteiger partial charge in [-0.15, -0.1) is 0 Å². The van der Waals surface area contributed by atoms with Crippen LogP contribution in [-0.4, -0.2) is 21.7 Å². The van der Waals surface area contributed by atoms with Crippen molar-refractivity contribution in [2.75, 3.05) is 0 Å². The molecule has 0 aliphatic rings. The van der Waals surface area contributed by atoms with Crippen LogP contribution in [0.15, 0.2) is 27.5 Å². The molecule has 0 radical (unpaired) electrons. The largest absolute Gasteiger partial charge is 0.444 e. The highest BCUT2D eigenvalue weighted by Gasteiger charge is 2.20. The Balaban J connectivity index is 0.00000127. The third-order valence-electron chi connectivity index (χ3n) is 2.52. The molecule has 1 N–H and O–H groups in total. The maximum atomic E-state index is 11.8. The van der Waals surface area contributed by atoms with Crippen LogP contribution in [0.5, 0.6) is 0 Å². The van der Waals surface area contributed by atoms with Gasteiger partial charge >= 0.3 is 11.7 Å². The number of carbonyl (C=O) groups is 1. The molecule has 2 rings (SSSR count). The molecule has 0 aliphatic heterocycles. The van der Waals surface area contributed by atoms with Crippen LogP contribution in [0.25, 0.3) is 11.0 Å². The van der Waals surface area contributed by atoms with Crippen molar-refractivity contribution in [1.29, 1.82) is 10.8 Å². The average molecular weight is 319 g/mol. The lowest BCUT2D eigenvalue weighted by Crippen LogP contribution is -2.34. The van der Waals surface area contributed by atoms with Gasteiger partial charge in [0.15, 0.2) is 5.65 Å². The van der Waals surface area contributed by atoms with Crippen LogP contribution in [0.2, 0.25) is 0 Å². The average Bonchev–Trinajstić information content (AvgIpc) is 2.47. The maximum Gasteiger partial charge on any atom is 0.408 e. The second-order valence-electron chi connectivity index (χ2n) is 5.58. The smallest absolute Gasteiger partial charge is 0.408 e. The molecular weight excluding hydrogens is 302 g/mol. The summed E-state index contributed by atoms with van der Waals surface area (Å²) in [4.78, 5) is 31.7. The Labute approximate surface area is 132 Å². The van der Waals surface area contributed by atoms with Crippen LogP contribution < -0.4 is 10.9 Å². The first-order valence-electron chi connectivity index (χ1n) is 6.71. The Kier molecular flexibility index (Phi) is 5.73. The van der Waals surface area contributed by atoms with E-state index in [1.807, 2.05) is 0 Å². The van der Waals surface area contributed by atoms with Gasteiger partial charge in [-0.2, -0.15) is 4.98 Å². The van der Waals surface area contributed by atoms with Crippen LogP contribution in [0, 0.1) is 10.8 Å². The summed E-state index contributed by atoms with van der Waals surface area (Å²) >= 11 is 0. The second-order valence-corrected chi connectivity index (χ2v) is 5.58. The predicted molar refractivity (Wildman–Crippen MR) is 79.3 cm³/mol. The second kappa shape index (κ2) is 7.31. The van der Waals surface area contributed by atoms with Crippen LogP contribution >= 0.6 is 0 Å². The van der Waals surface area contributed by atoms with Crippen molar-refractivity contribution in [3.05, 3.63) is 34.6 Å². The number of nitrogens with zero attached hydrogens (tertiary/aromatic N) is 4. The molecule has 2 heterocycles. The highest BCUT2D eigenvalue weighted by atomic mass is 16.6. The van der Waals surface area contributed by atoms with E-state index in [2.05, 4.69) is 15.3 Å². The van der Waals surface area contributed by atoms with Gasteiger partial charge in [-0.25, -0.2) is 14.6 Å². The molecule has 122 valence electrons. The SMILES string of the molecule is C[C@@H](NC(=O)OC(C)(C)C)c1nc2ncccc2c(=O)o1.N#N. The Morgan fingerprint density at radius 1 is 1.39 bits per heavy atom. The summed E-state index contributed by atoms with van der Waals surface area (Å²) in [6, 6.07) is 2.60. The van der Waals surface area contributed by atoms with Crippen molar-refractivity contribution < 1.29 is 13.9 Å². The summed E-state index contributed by atoms with van der Waals surface area (Å²) < 4.78 is 10.2. The molecule has 0 aromatic carbocycles. The number of amides is 1. The molecule has 0 bridgehead atoms. The Bertz CT molecular complexity index is 763. The third kappa shape index (κ3) is 5.03. The van der Waals surface area contributed by atoms with Crippen molar-refractivity contribution in [2.45, 2.75) is 39.3 Å². The lowest BCUT2D eigenvalue weighted by atomic mass is 10.2. The summed E-state index contributed by atoms with van der Waals surface area (Å²) in [5.74, 6) is 0.0806. The van der Waals surface area contributed by atoms with Gasteiger partial charge in [0.25, 0.3) is 0 Å². The molecule has 1 amide bonds. The summed E-state index contributed by atoms with van der Waals surface area (Å²) in [7, 11) is 0. The summed E-state index contributed by atoms with van der Waals surface area (Å²) in [6.07, 6.45) is 0.922. The number of pyridine rings is 1. The minimum Gasteiger partial charge on any atom is -0.444 e. The number of ether oxygens (including phenoxy) is 1. The standard InChI is InChI=1S/C14H17N3O4.N2/c1-8(16-13(19)21-14(2,3)4)11-17-10-9(12(18)20-11)6-5-7-15-10;1-2/h5-8H,1-4H3,(H,16,19);/t8-;/m1./s1. The number of hydrogen-bond donors (Lipinski definition) is 1. The fraction of sp³-hybridized carbons (Fsp3) is 0.429. The lowest BCUT2D eigenvalue weighted by molar-refractivity contribution is 0.0499. The summed E-state index contributed by atoms with van der Waals surface area (Å²) in [5.41, 5.74) is -0.870. The molecule has 2 aromatic rings. The summed E-state index contributed by atoms with van der Waals surface area (Å²) in [6.45, 7) is 6.92. The number of nitrogens with one attached hydrogen (secondary N) is 1. The number of fused-ring (bicyclic) bond motifs is 1. The van der Waals surface area contributed by atoms with E-state index < -0.39 is 23.4 Å². The van der Waals surface area contributed by atoms with E-state index >= 15 is 0 Å². The first-order valence-corrected chi connectivity index (χ1v) is 6.71. The van der Waals surface area contributed by atoms with E-state index in [9.17, 15) is 9.59 Å². The van der Waals surface area contributed by atoms with Gasteiger partial charge in [0.05, 0.1) is 0 Å². The van der Waals surface area contributed by atoms with E-state index in [0.717, 1.165) is 0 Å². The van der Waals surface area contributed by atoms with Crippen molar-refractivity contribution in [3.63, 3.8) is 0 Å². The van der Waals surface area contributed by atoms with E-state index in [-0.39, 0.29) is 11.5 Å². The molecule has 23 heavy (non-hydrogen) atoms. The topological polar surface area (TPSA) is 142 Å². The zero-order valence-corrected chi connectivity index (χ0v) is 13.2. The molecule has 0 saturated heterocycles. The minimum absolute atomic E-state index is 0.0806. The van der Waals surface area contributed by atoms with Gasteiger partial charge in [-0.1, -0.05) is 0 Å². The monoisotopic (exact) mass is 319 g/mol. The molecular formula is C14H17N5O4. The van der Waals surface area contributed by atoms with Gasteiger partial charge < -0.3 is 14.5 Å². The molecule has 0 unspecified atom stereocenters. The fourth-order valence-corrected chi connectivity index (χ4v) is 1.65. The number of carbonyl (C=O) groups excluding carboxylic acids is 1. The van der Waals surface area contributed by atoms with Crippen LogP contribution in [0.3, 0.4) is 0 Å². The third-order valence-corrected chi connectivity index (χ3v) is 2.52. The van der Waals surface area contributed by atoms with Gasteiger partial charge in [-0.3, -0.25) is 0 Å². The Morgan fingerprint density at radius 2 is 2.04 bits per heavy atom. The predicted octanol–water partition coefficient (Wildman–Crippen LogP) is 2.20. The van der Waals surface area contributed by atoms with Gasteiger partial charge in [0, 0.05) is 17.0 Å². The lowest BCUT2D eigenvalue weighted by Gasteiger charge is -2.21. The number of hydrogen-bond acceptors (Lipinski definition) is 8. The highest BCUT2D eigenvalue weighted by Crippen LogP contribution is 2.13. The quantitative estimate of drug-likeness (QED) is 0.830. The van der Waals surface area contributed by atoms with E-state index in [1.165, 1.54) is 6.20 Å². The van der Waals surface area contributed by atoms with Gasteiger partial charge in [0.2, 0.25) is 5.89 Å². The van der Waals surface area contributed by atoms with E-state index in [0.29, 0.717) is 5.39 Å². The number of rotatable bonds is 2. The fourth-order valence-electron chi connectivity index (χ4n) is 1.65. The molecule has 0 aliphatic carbocycles. The van der Waals surface area contributed by atoms with Crippen molar-refractivity contribution in [3.8, 4) is 0 Å². The number of alkyl carbamates (subject to hydrolysis) is 1. The van der Waals surface area contributed by atoms with Crippen molar-refractivity contribution >= 4 is 17.1 Å². The van der Waals surface area contributed by atoms with E-state index in [4.69, 9.17) is 19.9 Å². The first-order chi connectivity index (χ1) is 10.8. The molecule has 9 heteroatoms. The zero-order chi connectivity index (χ0) is 17.6. The van der Waals surface area contributed by atoms with Crippen molar-refractivity contribution in [2.24, 2.45) is 0 Å². The van der Waals surface area contributed by atoms with Gasteiger partial charge in [-0.05, 0) is 39.8 Å². The Morgan fingerprint density at radius 3 is 2.65 bits per heavy atom. The van der Waals surface area contributed by atoms with Crippen molar-refractivity contribution in [1.82, 2.24) is 15.3 Å². The molecule has 1 atom stereocenters. The van der Waals surface area contributed by atoms with Crippen LogP contribution in [-0.2, 0) is 4.74 Å². The minimum atomic E-state index is -0.612. The first kappa shape index (κ1) is 18.0. The Hall–Kier alpha value is -3.02. The summed E-state index contributed by atoms with van der Waals surface area (Å²) in [5, 5.41) is 14.9. The van der Waals surface area contributed by atoms with Crippen LogP contribution in [0.4, 0.5) is 4.79 Å². The van der Waals surface area contributed by atoms with Gasteiger partial charge in [0.1, 0.15) is 17.0 Å². The maximum absolute atomic E-state index is 11.8. The normalized spacial score (nSPS) is 11.9.